The van der Waals surface area contributed by atoms with Gasteiger partial charge < -0.3 is 10.1 Å². The van der Waals surface area contributed by atoms with Gasteiger partial charge in [0.25, 0.3) is 11.8 Å². The first-order valence-corrected chi connectivity index (χ1v) is 11.2. The number of benzene rings is 2. The molecule has 0 bridgehead atoms. The molecule has 2 N–H and O–H groups in total. The topological polar surface area (TPSA) is 79.8 Å². The summed E-state index contributed by atoms with van der Waals surface area (Å²) in [6, 6.07) is 11.4. The summed E-state index contributed by atoms with van der Waals surface area (Å²) in [6.07, 6.45) is 1.11. The quantitative estimate of drug-likeness (QED) is 0.346. The Morgan fingerprint density at radius 2 is 1.87 bits per heavy atom. The highest BCUT2D eigenvalue weighted by atomic mass is 79.9. The van der Waals surface area contributed by atoms with E-state index in [1.165, 1.54) is 12.3 Å². The molecule has 0 fully saturated rings. The number of carbonyl (C=O) groups is 2. The molecule has 2 rings (SSSR count). The Morgan fingerprint density at radius 1 is 1.13 bits per heavy atom. The SMILES string of the molecule is CC(C)C[C@H](NC(=O)[C@@H](C)Oc1ccc(Cl)cc1Cl)C(=O)N/N=C\c1cccc(Br)c1. The van der Waals surface area contributed by atoms with Crippen LogP contribution in [0.25, 0.3) is 0 Å². The Hall–Kier alpha value is -2.09. The van der Waals surface area contributed by atoms with Gasteiger partial charge in [-0.2, -0.15) is 5.10 Å². The summed E-state index contributed by atoms with van der Waals surface area (Å²) in [6.45, 7) is 5.51. The second-order valence-corrected chi connectivity index (χ2v) is 9.07. The van der Waals surface area contributed by atoms with Crippen molar-refractivity contribution in [2.45, 2.75) is 39.3 Å². The zero-order valence-electron chi connectivity index (χ0n) is 17.4. The number of nitrogens with zero attached hydrogens (tertiary/aromatic N) is 1. The number of rotatable bonds is 9. The molecule has 0 saturated heterocycles. The maximum atomic E-state index is 12.6. The van der Waals surface area contributed by atoms with E-state index < -0.39 is 24.0 Å². The molecule has 0 aromatic heterocycles. The van der Waals surface area contributed by atoms with Crippen LogP contribution in [0.15, 0.2) is 52.0 Å². The molecule has 0 aliphatic heterocycles. The van der Waals surface area contributed by atoms with Crippen molar-refractivity contribution in [2.24, 2.45) is 11.0 Å². The Bertz CT molecular complexity index is 953. The van der Waals surface area contributed by atoms with Crippen molar-refractivity contribution in [2.75, 3.05) is 0 Å². The van der Waals surface area contributed by atoms with Crippen LogP contribution in [-0.4, -0.2) is 30.2 Å². The highest BCUT2D eigenvalue weighted by molar-refractivity contribution is 9.10. The van der Waals surface area contributed by atoms with Crippen molar-refractivity contribution in [3.8, 4) is 5.75 Å². The number of hydrogen-bond donors (Lipinski definition) is 2. The van der Waals surface area contributed by atoms with Crippen molar-refractivity contribution >= 4 is 57.2 Å². The molecule has 0 saturated carbocycles. The van der Waals surface area contributed by atoms with E-state index in [0.29, 0.717) is 22.2 Å². The zero-order chi connectivity index (χ0) is 23.0. The van der Waals surface area contributed by atoms with Crippen LogP contribution in [0.1, 0.15) is 32.8 Å². The lowest BCUT2D eigenvalue weighted by atomic mass is 10.0. The molecule has 0 unspecified atom stereocenters. The summed E-state index contributed by atoms with van der Waals surface area (Å²) in [5.41, 5.74) is 3.31. The number of nitrogens with one attached hydrogen (secondary N) is 2. The van der Waals surface area contributed by atoms with Crippen LogP contribution in [0, 0.1) is 5.92 Å². The van der Waals surface area contributed by atoms with E-state index in [4.69, 9.17) is 27.9 Å². The smallest absolute Gasteiger partial charge is 0.262 e. The van der Waals surface area contributed by atoms with Gasteiger partial charge >= 0.3 is 0 Å². The van der Waals surface area contributed by atoms with Gasteiger partial charge in [-0.25, -0.2) is 5.43 Å². The highest BCUT2D eigenvalue weighted by Gasteiger charge is 2.25. The molecule has 0 radical (unpaired) electrons. The first-order valence-electron chi connectivity index (χ1n) is 9.66. The van der Waals surface area contributed by atoms with Gasteiger partial charge in [0.15, 0.2) is 6.10 Å². The fourth-order valence-corrected chi connectivity index (χ4v) is 3.51. The van der Waals surface area contributed by atoms with E-state index in [2.05, 4.69) is 31.8 Å². The number of ether oxygens (including phenoxy) is 1. The lowest BCUT2D eigenvalue weighted by Gasteiger charge is -2.22. The first kappa shape index (κ1) is 25.2. The van der Waals surface area contributed by atoms with Crippen molar-refractivity contribution in [1.29, 1.82) is 0 Å². The Labute approximate surface area is 200 Å². The van der Waals surface area contributed by atoms with Crippen LogP contribution in [0.3, 0.4) is 0 Å². The van der Waals surface area contributed by atoms with E-state index in [9.17, 15) is 9.59 Å². The number of halogens is 3. The summed E-state index contributed by atoms with van der Waals surface area (Å²) < 4.78 is 6.53. The van der Waals surface area contributed by atoms with Crippen molar-refractivity contribution < 1.29 is 14.3 Å². The third kappa shape index (κ3) is 8.51. The summed E-state index contributed by atoms with van der Waals surface area (Å²) in [4.78, 5) is 25.2. The predicted molar refractivity (Wildman–Crippen MR) is 128 cm³/mol. The Kier molecular flexibility index (Phi) is 9.81. The van der Waals surface area contributed by atoms with Gasteiger partial charge in [-0.05, 0) is 55.2 Å². The van der Waals surface area contributed by atoms with Gasteiger partial charge in [-0.3, -0.25) is 9.59 Å². The second-order valence-electron chi connectivity index (χ2n) is 7.31. The van der Waals surface area contributed by atoms with E-state index in [1.54, 1.807) is 19.1 Å². The zero-order valence-corrected chi connectivity index (χ0v) is 20.5. The Morgan fingerprint density at radius 3 is 2.52 bits per heavy atom. The maximum absolute atomic E-state index is 12.6. The Balaban J connectivity index is 2.00. The molecule has 0 aliphatic rings. The molecular weight excluding hydrogens is 505 g/mol. The fourth-order valence-electron chi connectivity index (χ4n) is 2.64. The third-order valence-corrected chi connectivity index (χ3v) is 5.17. The fraction of sp³-hybridized carbons (Fsp3) is 0.318. The van der Waals surface area contributed by atoms with Gasteiger partial charge in [-0.1, -0.05) is 65.1 Å². The molecule has 2 amide bonds. The predicted octanol–water partition coefficient (Wildman–Crippen LogP) is 5.20. The van der Waals surface area contributed by atoms with Crippen LogP contribution < -0.4 is 15.5 Å². The number of amides is 2. The van der Waals surface area contributed by atoms with Crippen molar-refractivity contribution in [3.63, 3.8) is 0 Å². The summed E-state index contributed by atoms with van der Waals surface area (Å²) in [5, 5.41) is 7.48. The minimum absolute atomic E-state index is 0.173. The molecule has 0 heterocycles. The summed E-state index contributed by atoms with van der Waals surface area (Å²) >= 11 is 15.4. The lowest BCUT2D eigenvalue weighted by Crippen LogP contribution is -2.49. The van der Waals surface area contributed by atoms with Crippen molar-refractivity contribution in [1.82, 2.24) is 10.7 Å². The molecule has 0 aliphatic carbocycles. The molecule has 9 heteroatoms. The molecule has 2 atom stereocenters. The molecule has 2 aromatic carbocycles. The van der Waals surface area contributed by atoms with E-state index >= 15 is 0 Å². The number of hydrogen-bond acceptors (Lipinski definition) is 4. The van der Waals surface area contributed by atoms with Gasteiger partial charge in [0.05, 0.1) is 11.2 Å². The standard InChI is InChI=1S/C22H24BrCl2N3O3/c1-13(2)9-19(22(30)28-26-12-15-5-4-6-16(23)10-15)27-21(29)14(3)31-20-8-7-17(24)11-18(20)25/h4-8,10-14,19H,9H2,1-3H3,(H,27,29)(H,28,30)/b26-12-/t14-,19+/m1/s1. The molecule has 166 valence electrons. The maximum Gasteiger partial charge on any atom is 0.262 e. The highest BCUT2D eigenvalue weighted by Crippen LogP contribution is 2.28. The summed E-state index contributed by atoms with van der Waals surface area (Å²) in [7, 11) is 0. The summed E-state index contributed by atoms with van der Waals surface area (Å²) in [5.74, 6) is -0.350. The van der Waals surface area contributed by atoms with Crippen molar-refractivity contribution in [3.05, 3.63) is 62.5 Å². The molecular formula is C22H24BrCl2N3O3. The van der Waals surface area contributed by atoms with E-state index in [-0.39, 0.29) is 5.92 Å². The van der Waals surface area contributed by atoms with Crippen LogP contribution in [-0.2, 0) is 9.59 Å². The number of hydrazone groups is 1. The van der Waals surface area contributed by atoms with Gasteiger partial charge in [-0.15, -0.1) is 0 Å². The average molecular weight is 529 g/mol. The first-order chi connectivity index (χ1) is 14.7. The minimum Gasteiger partial charge on any atom is -0.479 e. The van der Waals surface area contributed by atoms with Gasteiger partial charge in [0.2, 0.25) is 0 Å². The minimum atomic E-state index is -0.869. The monoisotopic (exact) mass is 527 g/mol. The van der Waals surface area contributed by atoms with Crippen LogP contribution in [0.5, 0.6) is 5.75 Å². The average Bonchev–Trinajstić information content (AvgIpc) is 2.69. The van der Waals surface area contributed by atoms with Gasteiger partial charge in [0, 0.05) is 9.50 Å². The molecule has 31 heavy (non-hydrogen) atoms. The third-order valence-electron chi connectivity index (χ3n) is 4.14. The van der Waals surface area contributed by atoms with Crippen LogP contribution in [0.2, 0.25) is 10.0 Å². The second kappa shape index (κ2) is 12.1. The molecule has 6 nitrogen and oxygen atoms in total. The largest absolute Gasteiger partial charge is 0.479 e. The van der Waals surface area contributed by atoms with Crippen LogP contribution >= 0.6 is 39.1 Å². The van der Waals surface area contributed by atoms with Crippen LogP contribution in [0.4, 0.5) is 0 Å². The number of carbonyl (C=O) groups excluding carboxylic acids is 2. The normalized spacial score (nSPS) is 13.1. The van der Waals surface area contributed by atoms with Gasteiger partial charge in [0.1, 0.15) is 11.8 Å². The van der Waals surface area contributed by atoms with E-state index in [1.807, 2.05) is 38.1 Å². The lowest BCUT2D eigenvalue weighted by molar-refractivity contribution is -0.132. The molecule has 2 aromatic rings. The van der Waals surface area contributed by atoms with E-state index in [0.717, 1.165) is 10.0 Å². The molecule has 0 spiro atoms.